The fourth-order valence-corrected chi connectivity index (χ4v) is 3.77. The van der Waals surface area contributed by atoms with Crippen molar-refractivity contribution >= 4 is 12.2 Å². The predicted octanol–water partition coefficient (Wildman–Crippen LogP) is 4.35. The van der Waals surface area contributed by atoms with Crippen LogP contribution < -0.4 is 0 Å². The van der Waals surface area contributed by atoms with Crippen molar-refractivity contribution in [2.45, 2.75) is 26.4 Å². The van der Waals surface area contributed by atoms with Crippen LogP contribution >= 0.6 is 12.2 Å². The van der Waals surface area contributed by atoms with Crippen molar-refractivity contribution in [3.8, 4) is 17.3 Å². The van der Waals surface area contributed by atoms with E-state index in [2.05, 4.69) is 11.8 Å². The summed E-state index contributed by atoms with van der Waals surface area (Å²) in [5, 5.41) is 4.79. The van der Waals surface area contributed by atoms with Crippen LogP contribution in [0.4, 0.5) is 0 Å². The molecule has 3 aromatic rings. The Morgan fingerprint density at radius 1 is 1.20 bits per heavy atom. The maximum Gasteiger partial charge on any atom is 0.204 e. The monoisotopic (exact) mass is 354 g/mol. The van der Waals surface area contributed by atoms with Crippen LogP contribution in [0.2, 0.25) is 0 Å². The summed E-state index contributed by atoms with van der Waals surface area (Å²) in [6, 6.07) is 13.9. The maximum atomic E-state index is 5.76. The molecule has 3 heterocycles. The summed E-state index contributed by atoms with van der Waals surface area (Å²) in [7, 11) is 0. The van der Waals surface area contributed by atoms with Crippen LogP contribution in [0, 0.1) is 10.7 Å². The highest BCUT2D eigenvalue weighted by Gasteiger charge is 2.20. The molecule has 1 aliphatic heterocycles. The molecule has 25 heavy (non-hydrogen) atoms. The minimum atomic E-state index is 0.691. The van der Waals surface area contributed by atoms with Gasteiger partial charge >= 0.3 is 0 Å². The van der Waals surface area contributed by atoms with Crippen LogP contribution in [0.15, 0.2) is 53.1 Å². The van der Waals surface area contributed by atoms with Crippen molar-refractivity contribution in [1.82, 2.24) is 19.2 Å². The lowest BCUT2D eigenvalue weighted by atomic mass is 10.0. The normalized spacial score (nSPS) is 18.5. The van der Waals surface area contributed by atoms with Gasteiger partial charge in [0.1, 0.15) is 0 Å². The second-order valence-corrected chi connectivity index (χ2v) is 7.08. The molecule has 0 unspecified atom stereocenters. The number of hydrogen-bond donors (Lipinski definition) is 0. The van der Waals surface area contributed by atoms with Crippen molar-refractivity contribution in [3.63, 3.8) is 0 Å². The Hall–Kier alpha value is -2.18. The first-order valence-electron chi connectivity index (χ1n) is 8.74. The largest absolute Gasteiger partial charge is 0.461 e. The summed E-state index contributed by atoms with van der Waals surface area (Å²) in [5.74, 6) is 2.19. The van der Waals surface area contributed by atoms with Crippen molar-refractivity contribution in [2.24, 2.45) is 5.92 Å². The van der Waals surface area contributed by atoms with Gasteiger partial charge in [-0.15, -0.1) is 5.10 Å². The van der Waals surface area contributed by atoms with Gasteiger partial charge in [-0.1, -0.05) is 25.1 Å². The van der Waals surface area contributed by atoms with Crippen LogP contribution in [0.25, 0.3) is 17.3 Å². The summed E-state index contributed by atoms with van der Waals surface area (Å²) in [4.78, 5) is 2.43. The van der Waals surface area contributed by atoms with Crippen LogP contribution in [-0.2, 0) is 6.67 Å². The van der Waals surface area contributed by atoms with E-state index in [1.165, 1.54) is 12.8 Å². The van der Waals surface area contributed by atoms with E-state index in [0.717, 1.165) is 42.9 Å². The lowest BCUT2D eigenvalue weighted by Gasteiger charge is -2.30. The molecule has 0 radical (unpaired) electrons. The van der Waals surface area contributed by atoms with Gasteiger partial charge in [-0.2, -0.15) is 0 Å². The Balaban J connectivity index is 1.75. The van der Waals surface area contributed by atoms with Crippen molar-refractivity contribution in [2.75, 3.05) is 13.1 Å². The minimum absolute atomic E-state index is 0.691. The number of furan rings is 1. The zero-order valence-corrected chi connectivity index (χ0v) is 15.2. The highest BCUT2D eigenvalue weighted by atomic mass is 32.1. The smallest absolute Gasteiger partial charge is 0.204 e. The number of rotatable bonds is 4. The highest BCUT2D eigenvalue weighted by Crippen LogP contribution is 2.24. The summed E-state index contributed by atoms with van der Waals surface area (Å²) < 4.78 is 10.2. The molecule has 0 spiro atoms. The second-order valence-electron chi connectivity index (χ2n) is 6.72. The maximum absolute atomic E-state index is 5.76. The molecular weight excluding hydrogens is 332 g/mol. The van der Waals surface area contributed by atoms with Crippen molar-refractivity contribution in [3.05, 3.63) is 53.5 Å². The van der Waals surface area contributed by atoms with Crippen LogP contribution in [0.3, 0.4) is 0 Å². The second kappa shape index (κ2) is 6.98. The number of likely N-dealkylation sites (tertiary alicyclic amines) is 1. The molecular formula is C19H22N4OS. The number of piperidine rings is 1. The number of aromatic nitrogens is 3. The molecule has 0 aliphatic carbocycles. The molecule has 2 aromatic heterocycles. The Bertz CT molecular complexity index is 882. The number of hydrogen-bond acceptors (Lipinski definition) is 4. The number of benzene rings is 1. The Kier molecular flexibility index (Phi) is 4.55. The predicted molar refractivity (Wildman–Crippen MR) is 100 cm³/mol. The van der Waals surface area contributed by atoms with E-state index in [1.54, 1.807) is 6.26 Å². The third kappa shape index (κ3) is 3.32. The van der Waals surface area contributed by atoms with E-state index >= 15 is 0 Å². The van der Waals surface area contributed by atoms with Crippen LogP contribution in [0.5, 0.6) is 0 Å². The quantitative estimate of drug-likeness (QED) is 0.653. The average Bonchev–Trinajstić information content (AvgIpc) is 3.25. The number of nitrogens with zero attached hydrogens (tertiary/aromatic N) is 4. The molecule has 6 heteroatoms. The zero-order chi connectivity index (χ0) is 17.2. The topological polar surface area (TPSA) is 39.1 Å². The molecule has 1 fully saturated rings. The first kappa shape index (κ1) is 16.3. The van der Waals surface area contributed by atoms with E-state index in [4.69, 9.17) is 21.7 Å². The molecule has 0 amide bonds. The average molecular weight is 354 g/mol. The molecule has 1 aromatic carbocycles. The van der Waals surface area contributed by atoms with E-state index < -0.39 is 0 Å². The Morgan fingerprint density at radius 3 is 2.76 bits per heavy atom. The third-order valence-electron chi connectivity index (χ3n) is 4.67. The first-order chi connectivity index (χ1) is 12.2. The molecule has 0 N–H and O–H groups in total. The molecule has 0 saturated carbocycles. The zero-order valence-electron chi connectivity index (χ0n) is 14.3. The standard InChI is InChI=1S/C19H22N4OS/c1-15-7-5-11-21(13-15)14-22-19(25)23(16-8-3-2-4-9-16)18(20-22)17-10-6-12-24-17/h2-4,6,8-10,12,15H,5,7,11,13-14H2,1H3/t15-/m0/s1. The molecule has 1 aliphatic rings. The van der Waals surface area contributed by atoms with Crippen LogP contribution in [-0.4, -0.2) is 32.3 Å². The van der Waals surface area contributed by atoms with Gasteiger partial charge < -0.3 is 4.42 Å². The lowest BCUT2D eigenvalue weighted by Crippen LogP contribution is -2.36. The summed E-state index contributed by atoms with van der Waals surface area (Å²) in [5.41, 5.74) is 0.997. The summed E-state index contributed by atoms with van der Waals surface area (Å²) in [6.45, 7) is 5.22. The van der Waals surface area contributed by atoms with Gasteiger partial charge in [0, 0.05) is 6.54 Å². The highest BCUT2D eigenvalue weighted by molar-refractivity contribution is 7.71. The van der Waals surface area contributed by atoms with Gasteiger partial charge in [-0.25, -0.2) is 4.68 Å². The lowest BCUT2D eigenvalue weighted by molar-refractivity contribution is 0.138. The van der Waals surface area contributed by atoms with Gasteiger partial charge in [0.2, 0.25) is 10.6 Å². The fourth-order valence-electron chi connectivity index (χ4n) is 3.48. The van der Waals surface area contributed by atoms with E-state index in [-0.39, 0.29) is 0 Å². The molecule has 130 valence electrons. The molecule has 1 atom stereocenters. The van der Waals surface area contributed by atoms with E-state index in [1.807, 2.05) is 51.7 Å². The van der Waals surface area contributed by atoms with Crippen LogP contribution in [0.1, 0.15) is 19.8 Å². The Labute approximate surface area is 152 Å². The van der Waals surface area contributed by atoms with Gasteiger partial charge in [0.05, 0.1) is 18.6 Å². The van der Waals surface area contributed by atoms with Gasteiger partial charge in [0.25, 0.3) is 0 Å². The molecule has 5 nitrogen and oxygen atoms in total. The fraction of sp³-hybridized carbons (Fsp3) is 0.368. The molecule has 1 saturated heterocycles. The Morgan fingerprint density at radius 2 is 2.04 bits per heavy atom. The third-order valence-corrected chi connectivity index (χ3v) is 5.06. The number of para-hydroxylation sites is 1. The van der Waals surface area contributed by atoms with Crippen molar-refractivity contribution in [1.29, 1.82) is 0 Å². The van der Waals surface area contributed by atoms with Gasteiger partial charge in [0.15, 0.2) is 5.76 Å². The first-order valence-corrected chi connectivity index (χ1v) is 9.15. The van der Waals surface area contributed by atoms with E-state index in [9.17, 15) is 0 Å². The molecule has 0 bridgehead atoms. The van der Waals surface area contributed by atoms with Gasteiger partial charge in [-0.3, -0.25) is 9.47 Å². The minimum Gasteiger partial charge on any atom is -0.461 e. The van der Waals surface area contributed by atoms with Crippen molar-refractivity contribution < 1.29 is 4.42 Å². The van der Waals surface area contributed by atoms with Gasteiger partial charge in [-0.05, 0) is 61.8 Å². The van der Waals surface area contributed by atoms with E-state index in [0.29, 0.717) is 4.77 Å². The molecule has 4 rings (SSSR count). The summed E-state index contributed by atoms with van der Waals surface area (Å²) >= 11 is 5.76. The SMILES string of the molecule is C[C@H]1CCCN(Cn2nc(-c3ccco3)n(-c3ccccc3)c2=S)C1. The summed E-state index contributed by atoms with van der Waals surface area (Å²) in [6.07, 6.45) is 4.20.